The largest absolute Gasteiger partial charge is 0.488 e. The van der Waals surface area contributed by atoms with E-state index in [0.29, 0.717) is 12.4 Å². The molecule has 0 fully saturated rings. The van der Waals surface area contributed by atoms with E-state index >= 15 is 0 Å². The number of imidazole rings is 1. The van der Waals surface area contributed by atoms with Gasteiger partial charge in [0, 0.05) is 45.1 Å². The van der Waals surface area contributed by atoms with E-state index in [1.165, 1.54) is 5.56 Å². The van der Waals surface area contributed by atoms with Gasteiger partial charge in [-0.2, -0.15) is 9.59 Å². The zero-order valence-electron chi connectivity index (χ0n) is 26.4. The van der Waals surface area contributed by atoms with Gasteiger partial charge in [0.05, 0.1) is 17.6 Å². The molecule has 4 rings (SSSR count). The van der Waals surface area contributed by atoms with E-state index in [1.54, 1.807) is 7.11 Å². The number of benzene rings is 2. The van der Waals surface area contributed by atoms with Gasteiger partial charge in [-0.15, -0.1) is 0 Å². The Morgan fingerprint density at radius 2 is 1.72 bits per heavy atom. The van der Waals surface area contributed by atoms with Crippen LogP contribution in [0.4, 0.5) is 5.82 Å². The molecule has 2 aromatic carbocycles. The van der Waals surface area contributed by atoms with Gasteiger partial charge in [0.2, 0.25) is 0 Å². The first kappa shape index (κ1) is 33.7. The van der Waals surface area contributed by atoms with Crippen molar-refractivity contribution in [3.8, 4) is 5.75 Å². The molecule has 2 aromatic heterocycles. The number of fused-ring (bicyclic) bond motifs is 3. The summed E-state index contributed by atoms with van der Waals surface area (Å²) >= 11 is 0. The van der Waals surface area contributed by atoms with Gasteiger partial charge in [-0.05, 0) is 78.0 Å². The highest BCUT2D eigenvalue weighted by Crippen LogP contribution is 2.29. The third-order valence-corrected chi connectivity index (χ3v) is 6.92. The Labute approximate surface area is 254 Å². The molecule has 0 atom stereocenters. The van der Waals surface area contributed by atoms with Gasteiger partial charge in [0.1, 0.15) is 22.7 Å². The standard InChI is InChI=1S/C32H46N6O2.CO2/c1-32(2,3)40-25-13-11-12-24(22-25)23-37(20-19-36(4)5)17-9-10-18-38-28(16-21-39-6)35-29-30(38)26-14-7-8-15-27(26)34-31(29)33;2-1-3/h7-8,11-15,22H,9-10,16-21,23H2,1-6H3,(H2,33,34);. The maximum absolute atomic E-state index is 8.12. The Bertz CT molecular complexity index is 1490. The Morgan fingerprint density at radius 3 is 2.42 bits per heavy atom. The first-order chi connectivity index (χ1) is 20.6. The molecule has 0 saturated carbocycles. The summed E-state index contributed by atoms with van der Waals surface area (Å²) in [7, 11) is 5.99. The van der Waals surface area contributed by atoms with Crippen molar-refractivity contribution in [1.29, 1.82) is 0 Å². The quantitative estimate of drug-likeness (QED) is 0.207. The van der Waals surface area contributed by atoms with Crippen LogP contribution in [0.3, 0.4) is 0 Å². The number of ether oxygens (including phenoxy) is 2. The van der Waals surface area contributed by atoms with Gasteiger partial charge in [0.25, 0.3) is 0 Å². The van der Waals surface area contributed by atoms with Gasteiger partial charge < -0.3 is 24.7 Å². The second-order valence-electron chi connectivity index (χ2n) is 11.9. The van der Waals surface area contributed by atoms with Crippen LogP contribution in [0.5, 0.6) is 5.75 Å². The smallest absolute Gasteiger partial charge is 0.373 e. The number of nitrogens with two attached hydrogens (primary N) is 1. The van der Waals surface area contributed by atoms with Crippen LogP contribution in [0.15, 0.2) is 48.5 Å². The van der Waals surface area contributed by atoms with Gasteiger partial charge in [0.15, 0.2) is 5.82 Å². The van der Waals surface area contributed by atoms with Gasteiger partial charge in [-0.1, -0.05) is 30.3 Å². The lowest BCUT2D eigenvalue weighted by atomic mass is 10.1. The average Bonchev–Trinajstić information content (AvgIpc) is 3.31. The molecule has 0 radical (unpaired) electrons. The third kappa shape index (κ3) is 10.1. The summed E-state index contributed by atoms with van der Waals surface area (Å²) in [6.45, 7) is 11.7. The molecule has 10 heteroatoms. The van der Waals surface area contributed by atoms with Crippen LogP contribution in [-0.2, 0) is 33.8 Å². The van der Waals surface area contributed by atoms with Gasteiger partial charge in [-0.3, -0.25) is 4.90 Å². The summed E-state index contributed by atoms with van der Waals surface area (Å²) in [5.74, 6) is 2.41. The second-order valence-corrected chi connectivity index (χ2v) is 11.9. The fourth-order valence-corrected chi connectivity index (χ4v) is 5.07. The Kier molecular flexibility index (Phi) is 12.6. The van der Waals surface area contributed by atoms with Crippen LogP contribution in [0.25, 0.3) is 21.9 Å². The molecule has 0 spiro atoms. The van der Waals surface area contributed by atoms with Crippen LogP contribution in [0, 0.1) is 0 Å². The lowest BCUT2D eigenvalue weighted by Crippen LogP contribution is -2.32. The minimum atomic E-state index is -0.213. The third-order valence-electron chi connectivity index (χ3n) is 6.92. The number of aromatic nitrogens is 3. The molecule has 4 aromatic rings. The van der Waals surface area contributed by atoms with E-state index in [2.05, 4.69) is 84.5 Å². The highest BCUT2D eigenvalue weighted by atomic mass is 16.5. The van der Waals surface area contributed by atoms with E-state index in [1.807, 2.05) is 18.2 Å². The number of likely N-dealkylation sites (N-methyl/N-ethyl adjacent to an activating group) is 1. The minimum Gasteiger partial charge on any atom is -0.488 e. The summed E-state index contributed by atoms with van der Waals surface area (Å²) in [6.07, 6.45) is 3.10. The number of para-hydroxylation sites is 1. The fraction of sp³-hybridized carbons (Fsp3) is 0.485. The van der Waals surface area contributed by atoms with E-state index < -0.39 is 0 Å². The Morgan fingerprint density at radius 1 is 0.977 bits per heavy atom. The Balaban J connectivity index is 0.00000162. The summed E-state index contributed by atoms with van der Waals surface area (Å²) in [5, 5.41) is 1.09. The molecule has 232 valence electrons. The maximum Gasteiger partial charge on any atom is 0.373 e. The number of anilines is 1. The van der Waals surface area contributed by atoms with E-state index in [-0.39, 0.29) is 11.8 Å². The molecule has 0 unspecified atom stereocenters. The highest BCUT2D eigenvalue weighted by Gasteiger charge is 2.18. The molecule has 2 N–H and O–H groups in total. The molecule has 2 heterocycles. The summed E-state index contributed by atoms with van der Waals surface area (Å²) in [5.41, 5.74) is 10.2. The number of methoxy groups -OCH3 is 1. The molecule has 0 bridgehead atoms. The summed E-state index contributed by atoms with van der Waals surface area (Å²) < 4.78 is 13.8. The zero-order valence-corrected chi connectivity index (χ0v) is 26.4. The van der Waals surface area contributed by atoms with Gasteiger partial charge >= 0.3 is 6.15 Å². The Hall–Kier alpha value is -3.82. The molecule has 0 aliphatic heterocycles. The first-order valence-electron chi connectivity index (χ1n) is 14.7. The topological polar surface area (TPSA) is 116 Å². The number of carbonyl (C=O) groups excluding carboxylic acids is 2. The summed E-state index contributed by atoms with van der Waals surface area (Å²) in [4.78, 5) is 30.6. The number of unbranched alkanes of at least 4 members (excludes halogenated alkanes) is 1. The van der Waals surface area contributed by atoms with Crippen molar-refractivity contribution in [2.45, 2.75) is 58.7 Å². The molecule has 0 amide bonds. The van der Waals surface area contributed by atoms with E-state index in [4.69, 9.17) is 29.8 Å². The lowest BCUT2D eigenvalue weighted by Gasteiger charge is -2.25. The number of aryl methyl sites for hydroxylation is 1. The molecule has 0 saturated heterocycles. The zero-order chi connectivity index (χ0) is 31.4. The van der Waals surface area contributed by atoms with Crippen molar-refractivity contribution in [3.05, 3.63) is 59.9 Å². The van der Waals surface area contributed by atoms with E-state index in [9.17, 15) is 0 Å². The molecule has 0 aliphatic carbocycles. The number of hydrogen-bond acceptors (Lipinski definition) is 9. The number of rotatable bonds is 14. The van der Waals surface area contributed by atoms with Gasteiger partial charge in [-0.25, -0.2) is 9.97 Å². The first-order valence-corrected chi connectivity index (χ1v) is 14.7. The van der Waals surface area contributed by atoms with E-state index in [0.717, 1.165) is 85.5 Å². The molecular weight excluding hydrogens is 544 g/mol. The molecule has 43 heavy (non-hydrogen) atoms. The maximum atomic E-state index is 8.12. The molecule has 10 nitrogen and oxygen atoms in total. The normalized spacial score (nSPS) is 11.6. The summed E-state index contributed by atoms with van der Waals surface area (Å²) in [6, 6.07) is 16.7. The van der Waals surface area contributed by atoms with Crippen molar-refractivity contribution < 1.29 is 19.1 Å². The average molecular weight is 591 g/mol. The van der Waals surface area contributed by atoms with Crippen LogP contribution >= 0.6 is 0 Å². The van der Waals surface area contributed by atoms with Crippen molar-refractivity contribution in [2.75, 3.05) is 53.2 Å². The second kappa shape index (κ2) is 16.1. The predicted molar refractivity (Wildman–Crippen MR) is 170 cm³/mol. The number of pyridine rings is 1. The van der Waals surface area contributed by atoms with Crippen LogP contribution in [0.2, 0.25) is 0 Å². The minimum absolute atomic E-state index is 0.213. The number of nitrogen functional groups attached to an aromatic ring is 1. The molecule has 0 aliphatic rings. The molecular formula is C33H46N6O4. The highest BCUT2D eigenvalue weighted by molar-refractivity contribution is 6.06. The van der Waals surface area contributed by atoms with Crippen LogP contribution in [0.1, 0.15) is 45.0 Å². The number of hydrogen-bond donors (Lipinski definition) is 1. The van der Waals surface area contributed by atoms with Crippen molar-refractivity contribution in [3.63, 3.8) is 0 Å². The lowest BCUT2D eigenvalue weighted by molar-refractivity contribution is -0.191. The van der Waals surface area contributed by atoms with Crippen LogP contribution < -0.4 is 10.5 Å². The van der Waals surface area contributed by atoms with Crippen LogP contribution in [-0.4, -0.2) is 83.5 Å². The van der Waals surface area contributed by atoms with Crippen molar-refractivity contribution >= 4 is 33.9 Å². The predicted octanol–water partition coefficient (Wildman–Crippen LogP) is 4.79. The number of nitrogens with zero attached hydrogens (tertiary/aromatic N) is 5. The monoisotopic (exact) mass is 590 g/mol. The fourth-order valence-electron chi connectivity index (χ4n) is 5.07. The van der Waals surface area contributed by atoms with Crippen molar-refractivity contribution in [1.82, 2.24) is 24.3 Å². The SMILES string of the molecule is COCCc1nc2c(N)nc3ccccc3c2n1CCCCN(CCN(C)C)Cc1cccc(OC(C)(C)C)c1.O=C=O. The van der Waals surface area contributed by atoms with Crippen molar-refractivity contribution in [2.24, 2.45) is 0 Å².